The molecule has 0 spiro atoms. The Balaban J connectivity index is 0.794. The van der Waals surface area contributed by atoms with Crippen LogP contribution >= 0.6 is 11.3 Å². The number of aryl methyl sites for hydroxylation is 2. The number of nitrogens with one attached hydrogen (secondary N) is 1. The van der Waals surface area contributed by atoms with Crippen molar-refractivity contribution in [2.24, 2.45) is 5.92 Å². The fourth-order valence-corrected chi connectivity index (χ4v) is 12.6. The lowest BCUT2D eigenvalue weighted by atomic mass is 9.91. The zero-order chi connectivity index (χ0) is 57.8. The molecule has 0 radical (unpaired) electrons. The van der Waals surface area contributed by atoms with Crippen molar-refractivity contribution in [1.82, 2.24) is 40.1 Å². The van der Waals surface area contributed by atoms with Gasteiger partial charge in [-0.25, -0.2) is 9.78 Å². The van der Waals surface area contributed by atoms with Gasteiger partial charge in [0.05, 0.1) is 71.4 Å². The highest BCUT2D eigenvalue weighted by Gasteiger charge is 2.44. The molecule has 20 nitrogen and oxygen atoms in total. The van der Waals surface area contributed by atoms with E-state index < -0.39 is 35.8 Å². The van der Waals surface area contributed by atoms with Gasteiger partial charge in [-0.15, -0.1) is 11.3 Å². The summed E-state index contributed by atoms with van der Waals surface area (Å²) in [6.07, 6.45) is 0.287. The number of aliphatic hydroxyl groups is 1. The average molecular weight is 1140 g/mol. The number of likely N-dealkylation sites (tertiary alicyclic amines) is 2. The molecule has 3 amide bonds. The average Bonchev–Trinajstić information content (AvgIpc) is 4.17. The minimum absolute atomic E-state index is 0.00269. The Bertz CT molecular complexity index is 3290. The highest BCUT2D eigenvalue weighted by atomic mass is 32.1. The van der Waals surface area contributed by atoms with Crippen molar-refractivity contribution in [2.75, 3.05) is 75.9 Å². The molecule has 4 aliphatic heterocycles. The van der Waals surface area contributed by atoms with Crippen LogP contribution in [0.1, 0.15) is 93.8 Å². The van der Waals surface area contributed by atoms with Crippen LogP contribution in [0.2, 0.25) is 0 Å². The number of hydrogen-bond donors (Lipinski definition) is 2. The van der Waals surface area contributed by atoms with Crippen LogP contribution in [0.25, 0.3) is 21.2 Å². The summed E-state index contributed by atoms with van der Waals surface area (Å²) in [6.45, 7) is 17.4. The number of carbonyl (C=O) groups is 3. The number of hydrogen-bond acceptors (Lipinski definition) is 18. The number of ether oxygens (including phenoxy) is 4. The normalized spacial score (nSPS) is 20.7. The summed E-state index contributed by atoms with van der Waals surface area (Å²) in [5.41, 5.74) is 7.43. The topological polar surface area (TPSA) is 225 Å². The van der Waals surface area contributed by atoms with Gasteiger partial charge < -0.3 is 53.5 Å². The predicted molar refractivity (Wildman–Crippen MR) is 311 cm³/mol. The molecule has 7 heterocycles. The number of likely N-dealkylation sites (N-methyl/N-ethyl adjacent to an activating group) is 1. The molecule has 3 saturated heterocycles. The zero-order valence-electron chi connectivity index (χ0n) is 48.2. The molecule has 0 aliphatic carbocycles. The highest BCUT2D eigenvalue weighted by Crippen LogP contribution is 2.37. The van der Waals surface area contributed by atoms with Gasteiger partial charge in [0.15, 0.2) is 0 Å². The Hall–Kier alpha value is -7.38. The van der Waals surface area contributed by atoms with Crippen LogP contribution in [0, 0.1) is 31.1 Å². The summed E-state index contributed by atoms with van der Waals surface area (Å²) in [6, 6.07) is 23.7. The summed E-state index contributed by atoms with van der Waals surface area (Å²) in [7, 11) is 2.06. The molecule has 3 fully saturated rings. The highest BCUT2D eigenvalue weighted by molar-refractivity contribution is 7.13. The number of aliphatic hydroxyl groups excluding tert-OH is 1. The molecule has 10 rings (SSSR count). The number of nitriles is 1. The van der Waals surface area contributed by atoms with Crippen LogP contribution in [0.3, 0.4) is 0 Å². The Morgan fingerprint density at radius 1 is 0.927 bits per heavy atom. The Kier molecular flexibility index (Phi) is 17.6. The first kappa shape index (κ1) is 57.8. The lowest BCUT2D eigenvalue weighted by Gasteiger charge is -2.42. The number of amides is 3. The van der Waals surface area contributed by atoms with Crippen LogP contribution in [0.15, 0.2) is 76.8 Å². The van der Waals surface area contributed by atoms with Crippen LogP contribution in [0.5, 0.6) is 11.8 Å². The molecule has 2 N–H and O–H groups in total. The van der Waals surface area contributed by atoms with Crippen molar-refractivity contribution < 1.29 is 43.0 Å². The van der Waals surface area contributed by atoms with E-state index in [9.17, 15) is 24.8 Å². The number of thiazole rings is 1. The molecule has 0 bridgehead atoms. The first-order valence-electron chi connectivity index (χ1n) is 28.5. The minimum atomic E-state index is -0.873. The van der Waals surface area contributed by atoms with Crippen molar-refractivity contribution in [3.05, 3.63) is 106 Å². The molecule has 6 aromatic rings. The second-order valence-corrected chi connectivity index (χ2v) is 24.2. The van der Waals surface area contributed by atoms with Gasteiger partial charge >= 0.3 is 12.1 Å². The van der Waals surface area contributed by atoms with Crippen molar-refractivity contribution in [2.45, 2.75) is 129 Å². The van der Waals surface area contributed by atoms with E-state index in [2.05, 4.69) is 85.7 Å². The Labute approximate surface area is 483 Å². The number of aromatic nitrogens is 4. The maximum absolute atomic E-state index is 14.1. The van der Waals surface area contributed by atoms with Crippen molar-refractivity contribution in [3.63, 3.8) is 0 Å². The van der Waals surface area contributed by atoms with E-state index >= 15 is 0 Å². The molecular weight excluding hydrogens is 1060 g/mol. The van der Waals surface area contributed by atoms with E-state index in [4.69, 9.17) is 33.4 Å². The summed E-state index contributed by atoms with van der Waals surface area (Å²) >= 11 is 1.54. The van der Waals surface area contributed by atoms with Crippen molar-refractivity contribution >= 4 is 51.5 Å². The van der Waals surface area contributed by atoms with Gasteiger partial charge in [-0.1, -0.05) is 67.5 Å². The Morgan fingerprint density at radius 3 is 2.50 bits per heavy atom. The first-order valence-corrected chi connectivity index (χ1v) is 29.3. The molecule has 6 atom stereocenters. The van der Waals surface area contributed by atoms with E-state index in [1.165, 1.54) is 27.0 Å². The fourth-order valence-electron chi connectivity index (χ4n) is 11.8. The summed E-state index contributed by atoms with van der Waals surface area (Å²) in [4.78, 5) is 67.0. The number of carbonyl (C=O) groups excluding carboxylic acids is 3. The SMILES string of the molecule is Cc1cc(C(C(=O)N2C[C@H](O)C[C@H]2C(=O)NCc2ccc(-c3scnc3C)cc2OCCO[C@@H]2C[C@@H](COc3nc4c(c(N5CCN(C(=O)OC(C)(C)C)C(CC#N)C5)n3)CCN(c3cccc5ccccc35)C4)N(C)C2)C(C)C)on1. The standard InChI is InChI=1S/C61H75N11O9S/c1-37(2)54(53-26-38(3)67-81-53)58(75)72-32-45(73)29-51(72)57(74)63-30-42-17-16-41(55-39(4)64-36-82-55)27-52(42)78-25-24-77-46-28-44(68(8)33-46)35-79-59-65-49-34-69(50-15-11-13-40-12-9-10-14-47(40)50)21-19-48(49)56(66-59)70-22-23-71(43(31-70)18-20-62)60(76)80-61(5,6)7/h9-17,26-27,36-37,43-46,51,54,73H,18-19,21-25,28-35H2,1-8H3,(H,63,74)/t43?,44-,45+,46+,51-,54?/m0/s1. The molecule has 3 aromatic heterocycles. The summed E-state index contributed by atoms with van der Waals surface area (Å²) < 4.78 is 30.8. The van der Waals surface area contributed by atoms with E-state index in [1.807, 2.05) is 65.3 Å². The quantitative estimate of drug-likeness (QED) is 0.0782. The molecule has 4 aliphatic rings. The summed E-state index contributed by atoms with van der Waals surface area (Å²) in [5, 5.41) is 30.1. The maximum atomic E-state index is 14.1. The second kappa shape index (κ2) is 25.0. The van der Waals surface area contributed by atoms with Gasteiger partial charge in [0.2, 0.25) is 11.8 Å². The Morgan fingerprint density at radius 2 is 1.74 bits per heavy atom. The molecule has 3 aromatic carbocycles. The van der Waals surface area contributed by atoms with Gasteiger partial charge in [0.1, 0.15) is 48.1 Å². The number of nitrogens with zero attached hydrogens (tertiary/aromatic N) is 10. The number of fused-ring (bicyclic) bond motifs is 2. The lowest BCUT2D eigenvalue weighted by Crippen LogP contribution is -2.56. The van der Waals surface area contributed by atoms with Crippen molar-refractivity contribution in [1.29, 1.82) is 5.26 Å². The molecule has 21 heteroatoms. The van der Waals surface area contributed by atoms with Gasteiger partial charge in [0, 0.05) is 86.5 Å². The van der Waals surface area contributed by atoms with Crippen LogP contribution < -0.4 is 24.6 Å². The minimum Gasteiger partial charge on any atom is -0.491 e. The zero-order valence-corrected chi connectivity index (χ0v) is 49.0. The number of benzene rings is 3. The monoisotopic (exact) mass is 1140 g/mol. The molecule has 82 heavy (non-hydrogen) atoms. The van der Waals surface area contributed by atoms with Crippen molar-refractivity contribution in [3.8, 4) is 28.3 Å². The third kappa shape index (κ3) is 13.1. The van der Waals surface area contributed by atoms with E-state index in [0.717, 1.165) is 51.0 Å². The smallest absolute Gasteiger partial charge is 0.410 e. The first-order chi connectivity index (χ1) is 39.4. The van der Waals surface area contributed by atoms with E-state index in [-0.39, 0.29) is 68.4 Å². The maximum Gasteiger partial charge on any atom is 0.410 e. The molecule has 434 valence electrons. The molecule has 0 saturated carbocycles. The largest absolute Gasteiger partial charge is 0.491 e. The molecule has 2 unspecified atom stereocenters. The predicted octanol–water partition coefficient (Wildman–Crippen LogP) is 7.83. The van der Waals surface area contributed by atoms with Gasteiger partial charge in [-0.2, -0.15) is 15.2 Å². The number of anilines is 2. The third-order valence-corrected chi connectivity index (χ3v) is 16.9. The van der Waals surface area contributed by atoms with E-state index in [1.54, 1.807) is 17.9 Å². The number of piperazine rings is 1. The van der Waals surface area contributed by atoms with Crippen LogP contribution in [-0.4, -0.2) is 160 Å². The van der Waals surface area contributed by atoms with Gasteiger partial charge in [-0.05, 0) is 83.5 Å². The van der Waals surface area contributed by atoms with Crippen LogP contribution in [0.4, 0.5) is 16.3 Å². The second-order valence-electron chi connectivity index (χ2n) is 23.3. The fraction of sp³-hybridized carbons (Fsp3) is 0.508. The van der Waals surface area contributed by atoms with Gasteiger partial charge in [-0.3, -0.25) is 14.5 Å². The number of rotatable bonds is 18. The van der Waals surface area contributed by atoms with E-state index in [0.29, 0.717) is 76.0 Å². The summed E-state index contributed by atoms with van der Waals surface area (Å²) in [5.74, 6) is 0.329. The van der Waals surface area contributed by atoms with Crippen LogP contribution in [-0.2, 0) is 38.6 Å². The third-order valence-electron chi connectivity index (χ3n) is 15.9. The molecular formula is C61H75N11O9S. The van der Waals surface area contributed by atoms with Gasteiger partial charge in [0.25, 0.3) is 0 Å². The number of β-amino-alcohol motifs (C(OH)–C–C–N with tert-alkyl or cyclic N) is 1. The lowest BCUT2D eigenvalue weighted by molar-refractivity contribution is -0.141.